The monoisotopic (exact) mass is 314 g/mol. The Morgan fingerprint density at radius 1 is 1.00 bits per heavy atom. The summed E-state index contributed by atoms with van der Waals surface area (Å²) in [5.41, 5.74) is 1.64. The molecule has 118 valence electrons. The van der Waals surface area contributed by atoms with Gasteiger partial charge in [-0.3, -0.25) is 4.79 Å². The summed E-state index contributed by atoms with van der Waals surface area (Å²) >= 11 is 0. The molecule has 0 fully saturated rings. The maximum absolute atomic E-state index is 12.6. The second-order valence-electron chi connectivity index (χ2n) is 4.23. The standard InChI is InChI=1S/C12H12F6N2O/c13-11(14,15)7-4-8(12(16,17)18)6-9(5-7)20-10(21)2-1-3-19/h4-6H,1-3,19H2,(H,20,21). The van der Waals surface area contributed by atoms with Gasteiger partial charge in [0.2, 0.25) is 5.91 Å². The van der Waals surface area contributed by atoms with Crippen molar-refractivity contribution in [1.82, 2.24) is 0 Å². The topological polar surface area (TPSA) is 55.1 Å². The van der Waals surface area contributed by atoms with Gasteiger partial charge in [0.15, 0.2) is 0 Å². The number of halogens is 6. The second-order valence-corrected chi connectivity index (χ2v) is 4.23. The molecule has 0 bridgehead atoms. The number of anilines is 1. The van der Waals surface area contributed by atoms with Crippen molar-refractivity contribution >= 4 is 11.6 Å². The maximum atomic E-state index is 12.6. The van der Waals surface area contributed by atoms with E-state index in [4.69, 9.17) is 5.73 Å². The molecule has 3 nitrogen and oxygen atoms in total. The molecule has 0 spiro atoms. The van der Waals surface area contributed by atoms with E-state index < -0.39 is 35.1 Å². The van der Waals surface area contributed by atoms with Crippen molar-refractivity contribution in [1.29, 1.82) is 0 Å². The second kappa shape index (κ2) is 6.33. The molecule has 0 saturated heterocycles. The first-order chi connectivity index (χ1) is 9.54. The van der Waals surface area contributed by atoms with Gasteiger partial charge in [0.1, 0.15) is 0 Å². The van der Waals surface area contributed by atoms with Crippen LogP contribution < -0.4 is 11.1 Å². The average molecular weight is 314 g/mol. The van der Waals surface area contributed by atoms with Gasteiger partial charge >= 0.3 is 12.4 Å². The number of hydrogen-bond acceptors (Lipinski definition) is 2. The predicted octanol–water partition coefficient (Wildman–Crippen LogP) is 3.40. The van der Waals surface area contributed by atoms with Crippen molar-refractivity contribution < 1.29 is 31.1 Å². The highest BCUT2D eigenvalue weighted by Crippen LogP contribution is 2.37. The summed E-state index contributed by atoms with van der Waals surface area (Å²) in [5, 5.41) is 2.01. The van der Waals surface area contributed by atoms with Gasteiger partial charge in [0, 0.05) is 12.1 Å². The van der Waals surface area contributed by atoms with E-state index in [0.29, 0.717) is 12.1 Å². The van der Waals surface area contributed by atoms with E-state index in [2.05, 4.69) is 0 Å². The molecule has 0 heterocycles. The van der Waals surface area contributed by atoms with Gasteiger partial charge in [-0.25, -0.2) is 0 Å². The molecule has 1 aromatic carbocycles. The minimum Gasteiger partial charge on any atom is -0.330 e. The van der Waals surface area contributed by atoms with Crippen LogP contribution >= 0.6 is 0 Å². The quantitative estimate of drug-likeness (QED) is 0.837. The van der Waals surface area contributed by atoms with Gasteiger partial charge in [-0.05, 0) is 31.2 Å². The Labute approximate surface area is 116 Å². The first-order valence-electron chi connectivity index (χ1n) is 5.83. The number of rotatable bonds is 4. The van der Waals surface area contributed by atoms with Crippen LogP contribution in [0, 0.1) is 0 Å². The van der Waals surface area contributed by atoms with Crippen molar-refractivity contribution in [2.24, 2.45) is 5.73 Å². The first kappa shape index (κ1) is 17.3. The van der Waals surface area contributed by atoms with E-state index >= 15 is 0 Å². The number of hydrogen-bond donors (Lipinski definition) is 2. The molecule has 1 rings (SSSR count). The van der Waals surface area contributed by atoms with Gasteiger partial charge in [0.25, 0.3) is 0 Å². The van der Waals surface area contributed by atoms with Crippen LogP contribution in [0.15, 0.2) is 18.2 Å². The van der Waals surface area contributed by atoms with Crippen LogP contribution in [0.1, 0.15) is 24.0 Å². The zero-order chi connectivity index (χ0) is 16.3. The van der Waals surface area contributed by atoms with Gasteiger partial charge in [-0.15, -0.1) is 0 Å². The van der Waals surface area contributed by atoms with Crippen LogP contribution in [0.3, 0.4) is 0 Å². The lowest BCUT2D eigenvalue weighted by Crippen LogP contribution is -2.16. The van der Waals surface area contributed by atoms with Gasteiger partial charge < -0.3 is 11.1 Å². The number of benzene rings is 1. The molecule has 0 aliphatic carbocycles. The first-order valence-corrected chi connectivity index (χ1v) is 5.83. The molecule has 0 radical (unpaired) electrons. The lowest BCUT2D eigenvalue weighted by molar-refractivity contribution is -0.143. The van der Waals surface area contributed by atoms with Crippen molar-refractivity contribution in [3.8, 4) is 0 Å². The van der Waals surface area contributed by atoms with Crippen LogP contribution in [-0.2, 0) is 17.1 Å². The third kappa shape index (κ3) is 5.25. The fourth-order valence-corrected chi connectivity index (χ4v) is 1.51. The van der Waals surface area contributed by atoms with Crippen LogP contribution in [0.5, 0.6) is 0 Å². The third-order valence-electron chi connectivity index (χ3n) is 2.48. The number of alkyl halides is 6. The number of amides is 1. The normalized spacial score (nSPS) is 12.3. The highest BCUT2D eigenvalue weighted by atomic mass is 19.4. The summed E-state index contributed by atoms with van der Waals surface area (Å²) < 4.78 is 75.5. The maximum Gasteiger partial charge on any atom is 0.416 e. The Balaban J connectivity index is 3.11. The minimum atomic E-state index is -4.95. The zero-order valence-electron chi connectivity index (χ0n) is 10.6. The Morgan fingerprint density at radius 2 is 1.48 bits per heavy atom. The van der Waals surface area contributed by atoms with Crippen LogP contribution in [0.25, 0.3) is 0 Å². The molecule has 0 aliphatic heterocycles. The lowest BCUT2D eigenvalue weighted by atomic mass is 10.1. The minimum absolute atomic E-state index is 0.00443. The van der Waals surface area contributed by atoms with Crippen molar-refractivity contribution in [2.45, 2.75) is 25.2 Å². The van der Waals surface area contributed by atoms with E-state index in [1.165, 1.54) is 0 Å². The summed E-state index contributed by atoms with van der Waals surface area (Å²) in [4.78, 5) is 11.4. The Bertz CT molecular complexity index is 477. The molecule has 3 N–H and O–H groups in total. The summed E-state index contributed by atoms with van der Waals surface area (Å²) in [6, 6.07) is 0.903. The molecule has 0 aromatic heterocycles. The fourth-order valence-electron chi connectivity index (χ4n) is 1.51. The number of carbonyl (C=O) groups excluding carboxylic acids is 1. The smallest absolute Gasteiger partial charge is 0.330 e. The van der Waals surface area contributed by atoms with Crippen molar-refractivity contribution in [3.63, 3.8) is 0 Å². The van der Waals surface area contributed by atoms with Crippen molar-refractivity contribution in [3.05, 3.63) is 29.3 Å². The van der Waals surface area contributed by atoms with E-state index in [-0.39, 0.29) is 25.5 Å². The Hall–Kier alpha value is -1.77. The fraction of sp³-hybridized carbons (Fsp3) is 0.417. The van der Waals surface area contributed by atoms with E-state index in [1.54, 1.807) is 0 Å². The highest BCUT2D eigenvalue weighted by Gasteiger charge is 2.37. The summed E-state index contributed by atoms with van der Waals surface area (Å²) in [7, 11) is 0. The lowest BCUT2D eigenvalue weighted by Gasteiger charge is -2.14. The average Bonchev–Trinajstić information content (AvgIpc) is 2.34. The molecule has 1 amide bonds. The van der Waals surface area contributed by atoms with E-state index in [1.807, 2.05) is 5.32 Å². The number of carbonyl (C=O) groups is 1. The summed E-state index contributed by atoms with van der Waals surface area (Å²) in [5.74, 6) is -0.701. The van der Waals surface area contributed by atoms with Gasteiger partial charge in [-0.2, -0.15) is 26.3 Å². The zero-order valence-corrected chi connectivity index (χ0v) is 10.6. The van der Waals surface area contributed by atoms with Crippen LogP contribution in [-0.4, -0.2) is 12.5 Å². The van der Waals surface area contributed by atoms with Crippen LogP contribution in [0.4, 0.5) is 32.0 Å². The molecule has 0 aliphatic rings. The largest absolute Gasteiger partial charge is 0.416 e. The molecule has 0 atom stereocenters. The summed E-state index contributed by atoms with van der Waals surface area (Å²) in [6.07, 6.45) is -9.71. The molecule has 0 unspecified atom stereocenters. The third-order valence-corrected chi connectivity index (χ3v) is 2.48. The Kier molecular flexibility index (Phi) is 5.21. The van der Waals surface area contributed by atoms with E-state index in [9.17, 15) is 31.1 Å². The highest BCUT2D eigenvalue weighted by molar-refractivity contribution is 5.90. The number of nitrogens with two attached hydrogens (primary N) is 1. The molecular formula is C12H12F6N2O. The molecule has 1 aromatic rings. The molecule has 21 heavy (non-hydrogen) atoms. The van der Waals surface area contributed by atoms with Gasteiger partial charge in [0.05, 0.1) is 11.1 Å². The molecule has 0 saturated carbocycles. The summed E-state index contributed by atoms with van der Waals surface area (Å²) in [6.45, 7) is 0.184. The van der Waals surface area contributed by atoms with E-state index in [0.717, 1.165) is 0 Å². The SMILES string of the molecule is NCCCC(=O)Nc1cc(C(F)(F)F)cc(C(F)(F)F)c1. The Morgan fingerprint density at radius 3 is 1.86 bits per heavy atom. The molecular weight excluding hydrogens is 302 g/mol. The predicted molar refractivity (Wildman–Crippen MR) is 63.4 cm³/mol. The van der Waals surface area contributed by atoms with Gasteiger partial charge in [-0.1, -0.05) is 0 Å². The van der Waals surface area contributed by atoms with Crippen molar-refractivity contribution in [2.75, 3.05) is 11.9 Å². The van der Waals surface area contributed by atoms with Crippen LogP contribution in [0.2, 0.25) is 0 Å². The molecule has 9 heteroatoms. The number of nitrogens with one attached hydrogen (secondary N) is 1.